The molecule has 0 saturated carbocycles. The highest BCUT2D eigenvalue weighted by molar-refractivity contribution is 5.83. The van der Waals surface area contributed by atoms with E-state index in [0.717, 1.165) is 16.8 Å². The van der Waals surface area contributed by atoms with Crippen molar-refractivity contribution >= 4 is 17.6 Å². The highest BCUT2D eigenvalue weighted by Crippen LogP contribution is 2.23. The van der Waals surface area contributed by atoms with Gasteiger partial charge in [-0.3, -0.25) is 4.79 Å². The van der Waals surface area contributed by atoms with E-state index < -0.39 is 12.0 Å². The van der Waals surface area contributed by atoms with Crippen LogP contribution < -0.4 is 11.1 Å². The van der Waals surface area contributed by atoms with Crippen molar-refractivity contribution in [2.24, 2.45) is 0 Å². The molecule has 0 aromatic heterocycles. The molecular formula is C15H22N2O3. The summed E-state index contributed by atoms with van der Waals surface area (Å²) in [5.74, 6) is -0.421. The van der Waals surface area contributed by atoms with E-state index in [2.05, 4.69) is 19.2 Å². The van der Waals surface area contributed by atoms with E-state index in [1.807, 2.05) is 18.2 Å². The van der Waals surface area contributed by atoms with E-state index in [0.29, 0.717) is 12.3 Å². The molecule has 1 atom stereocenters. The molecule has 0 aliphatic rings. The van der Waals surface area contributed by atoms with Gasteiger partial charge in [0, 0.05) is 19.0 Å². The number of carbonyl (C=O) groups excluding carboxylic acids is 2. The number of nitrogens with one attached hydrogen (secondary N) is 1. The highest BCUT2D eigenvalue weighted by atomic mass is 16.5. The second-order valence-electron chi connectivity index (χ2n) is 5.10. The molecule has 0 spiro atoms. The third-order valence-corrected chi connectivity index (χ3v) is 3.08. The Morgan fingerprint density at radius 2 is 2.00 bits per heavy atom. The monoisotopic (exact) mass is 278 g/mol. The quantitative estimate of drug-likeness (QED) is 0.633. The van der Waals surface area contributed by atoms with Gasteiger partial charge >= 0.3 is 5.97 Å². The zero-order chi connectivity index (χ0) is 15.3. The molecule has 5 heteroatoms. The molecule has 5 nitrogen and oxygen atoms in total. The third-order valence-electron chi connectivity index (χ3n) is 3.08. The van der Waals surface area contributed by atoms with Crippen molar-refractivity contribution in [2.45, 2.75) is 39.2 Å². The van der Waals surface area contributed by atoms with Gasteiger partial charge in [0.2, 0.25) is 5.91 Å². The predicted molar refractivity (Wildman–Crippen MR) is 78.3 cm³/mol. The third kappa shape index (κ3) is 4.26. The largest absolute Gasteiger partial charge is 0.467 e. The SMILES string of the molecule is COC(=O)C(Cc1ccc(N)c(C(C)C)c1)NC(C)=O. The van der Waals surface area contributed by atoms with Gasteiger partial charge in [-0.1, -0.05) is 26.0 Å². The Morgan fingerprint density at radius 1 is 1.35 bits per heavy atom. The highest BCUT2D eigenvalue weighted by Gasteiger charge is 2.21. The molecule has 3 N–H and O–H groups in total. The van der Waals surface area contributed by atoms with E-state index >= 15 is 0 Å². The van der Waals surface area contributed by atoms with Gasteiger partial charge in [0.25, 0.3) is 0 Å². The Labute approximate surface area is 119 Å². The summed E-state index contributed by atoms with van der Waals surface area (Å²) in [7, 11) is 1.31. The Hall–Kier alpha value is -2.04. The fraction of sp³-hybridized carbons (Fsp3) is 0.467. The zero-order valence-electron chi connectivity index (χ0n) is 12.4. The maximum atomic E-state index is 11.7. The van der Waals surface area contributed by atoms with Crippen molar-refractivity contribution < 1.29 is 14.3 Å². The molecule has 0 saturated heterocycles. The van der Waals surface area contributed by atoms with Gasteiger partial charge in [-0.15, -0.1) is 0 Å². The molecule has 0 aliphatic heterocycles. The van der Waals surface area contributed by atoms with Crippen LogP contribution in [0.3, 0.4) is 0 Å². The van der Waals surface area contributed by atoms with E-state index in [-0.39, 0.29) is 5.91 Å². The van der Waals surface area contributed by atoms with Crippen LogP contribution in [0.5, 0.6) is 0 Å². The first kappa shape index (κ1) is 16.0. The predicted octanol–water partition coefficient (Wildman–Crippen LogP) is 1.61. The van der Waals surface area contributed by atoms with Gasteiger partial charge in [-0.05, 0) is 23.1 Å². The number of methoxy groups -OCH3 is 1. The maximum Gasteiger partial charge on any atom is 0.328 e. The first-order valence-electron chi connectivity index (χ1n) is 6.58. The normalized spacial score (nSPS) is 12.1. The van der Waals surface area contributed by atoms with Gasteiger partial charge in [0.15, 0.2) is 0 Å². The van der Waals surface area contributed by atoms with E-state index in [1.54, 1.807) is 0 Å². The minimum Gasteiger partial charge on any atom is -0.467 e. The molecule has 0 bridgehead atoms. The lowest BCUT2D eigenvalue weighted by atomic mass is 9.96. The lowest BCUT2D eigenvalue weighted by molar-refractivity contribution is -0.144. The van der Waals surface area contributed by atoms with Crippen LogP contribution in [0, 0.1) is 0 Å². The summed E-state index contributed by atoms with van der Waals surface area (Å²) in [5, 5.41) is 2.60. The average Bonchev–Trinajstić information content (AvgIpc) is 2.38. The number of hydrogen-bond acceptors (Lipinski definition) is 4. The topological polar surface area (TPSA) is 81.4 Å². The van der Waals surface area contributed by atoms with Crippen LogP contribution in [0.2, 0.25) is 0 Å². The van der Waals surface area contributed by atoms with Gasteiger partial charge in [0.1, 0.15) is 6.04 Å². The van der Waals surface area contributed by atoms with Crippen molar-refractivity contribution in [3.63, 3.8) is 0 Å². The fourth-order valence-corrected chi connectivity index (χ4v) is 2.07. The summed E-state index contributed by atoms with van der Waals surface area (Å²) in [6.45, 7) is 5.49. The van der Waals surface area contributed by atoms with Crippen molar-refractivity contribution in [3.05, 3.63) is 29.3 Å². The van der Waals surface area contributed by atoms with E-state index in [9.17, 15) is 9.59 Å². The standard InChI is InChI=1S/C15H22N2O3/c1-9(2)12-7-11(5-6-13(12)16)8-14(15(19)20-4)17-10(3)18/h5-7,9,14H,8,16H2,1-4H3,(H,17,18). The van der Waals surface area contributed by atoms with Gasteiger partial charge in [0.05, 0.1) is 7.11 Å². The number of rotatable bonds is 5. The molecular weight excluding hydrogens is 256 g/mol. The van der Waals surface area contributed by atoms with Crippen LogP contribution in [-0.4, -0.2) is 25.0 Å². The Balaban J connectivity index is 2.96. The van der Waals surface area contributed by atoms with E-state index in [1.165, 1.54) is 14.0 Å². The van der Waals surface area contributed by atoms with E-state index in [4.69, 9.17) is 10.5 Å². The number of amides is 1. The second-order valence-corrected chi connectivity index (χ2v) is 5.10. The molecule has 0 heterocycles. The number of esters is 1. The van der Waals surface area contributed by atoms with Crippen molar-refractivity contribution in [1.29, 1.82) is 0 Å². The minimum atomic E-state index is -0.680. The van der Waals surface area contributed by atoms with Crippen molar-refractivity contribution in [2.75, 3.05) is 12.8 Å². The van der Waals surface area contributed by atoms with Crippen molar-refractivity contribution in [1.82, 2.24) is 5.32 Å². The van der Waals surface area contributed by atoms with Gasteiger partial charge < -0.3 is 15.8 Å². The lowest BCUT2D eigenvalue weighted by Crippen LogP contribution is -2.42. The minimum absolute atomic E-state index is 0.264. The van der Waals surface area contributed by atoms with Crippen LogP contribution in [0.1, 0.15) is 37.8 Å². The van der Waals surface area contributed by atoms with Crippen molar-refractivity contribution in [3.8, 4) is 0 Å². The number of nitrogen functional groups attached to an aromatic ring is 1. The summed E-state index contributed by atoms with van der Waals surface area (Å²) in [6.07, 6.45) is 0.381. The summed E-state index contributed by atoms with van der Waals surface area (Å²) in [4.78, 5) is 22.8. The number of ether oxygens (including phenoxy) is 1. The van der Waals surface area contributed by atoms with Crippen LogP contribution in [0.4, 0.5) is 5.69 Å². The zero-order valence-corrected chi connectivity index (χ0v) is 12.4. The first-order valence-corrected chi connectivity index (χ1v) is 6.58. The molecule has 0 aliphatic carbocycles. The van der Waals surface area contributed by atoms with Crippen LogP contribution in [0.15, 0.2) is 18.2 Å². The molecule has 1 aromatic rings. The molecule has 20 heavy (non-hydrogen) atoms. The number of benzene rings is 1. The summed E-state index contributed by atoms with van der Waals surface area (Å²) >= 11 is 0. The molecule has 0 fully saturated rings. The molecule has 1 amide bonds. The number of hydrogen-bond donors (Lipinski definition) is 2. The van der Waals surface area contributed by atoms with Crippen LogP contribution in [-0.2, 0) is 20.7 Å². The fourth-order valence-electron chi connectivity index (χ4n) is 2.07. The molecule has 0 radical (unpaired) electrons. The van der Waals surface area contributed by atoms with Gasteiger partial charge in [-0.25, -0.2) is 4.79 Å². The smallest absolute Gasteiger partial charge is 0.328 e. The second kappa shape index (κ2) is 6.93. The Bertz CT molecular complexity index is 498. The molecule has 1 unspecified atom stereocenters. The average molecular weight is 278 g/mol. The maximum absolute atomic E-state index is 11.7. The molecule has 1 rings (SSSR count). The first-order chi connectivity index (χ1) is 9.35. The lowest BCUT2D eigenvalue weighted by Gasteiger charge is -2.17. The number of nitrogens with two attached hydrogens (primary N) is 1. The number of carbonyl (C=O) groups is 2. The summed E-state index contributed by atoms with van der Waals surface area (Å²) in [6, 6.07) is 4.98. The Kier molecular flexibility index (Phi) is 5.55. The summed E-state index contributed by atoms with van der Waals surface area (Å²) < 4.78 is 4.71. The number of anilines is 1. The van der Waals surface area contributed by atoms with Crippen LogP contribution in [0.25, 0.3) is 0 Å². The van der Waals surface area contributed by atoms with Crippen LogP contribution >= 0.6 is 0 Å². The Morgan fingerprint density at radius 3 is 2.50 bits per heavy atom. The molecule has 1 aromatic carbocycles. The summed E-state index contributed by atoms with van der Waals surface area (Å²) in [5.41, 5.74) is 8.63. The van der Waals surface area contributed by atoms with Gasteiger partial charge in [-0.2, -0.15) is 0 Å². The molecule has 110 valence electrons.